The molecule has 0 amide bonds. The number of piperazine rings is 1. The van der Waals surface area contributed by atoms with Gasteiger partial charge in [0.2, 0.25) is 0 Å². The number of pyridine rings is 2. The third-order valence-corrected chi connectivity index (χ3v) is 4.72. The zero-order valence-electron chi connectivity index (χ0n) is 14.4. The van der Waals surface area contributed by atoms with Crippen molar-refractivity contribution < 1.29 is 0 Å². The molecule has 5 heteroatoms. The molecule has 0 N–H and O–H groups in total. The number of aromatic nitrogens is 2. The van der Waals surface area contributed by atoms with Crippen molar-refractivity contribution in [3.8, 4) is 17.3 Å². The fraction of sp³-hybridized carbons (Fsp3) is 0.190. The molecule has 2 aromatic heterocycles. The fourth-order valence-electron chi connectivity index (χ4n) is 3.34. The van der Waals surface area contributed by atoms with Gasteiger partial charge in [-0.15, -0.1) is 0 Å². The number of benzene rings is 1. The first-order chi connectivity index (χ1) is 12.8. The highest BCUT2D eigenvalue weighted by Gasteiger charge is 2.20. The Morgan fingerprint density at radius 2 is 1.50 bits per heavy atom. The molecule has 0 bridgehead atoms. The molecule has 3 aromatic rings. The van der Waals surface area contributed by atoms with Crippen LogP contribution in [0, 0.1) is 11.3 Å². The van der Waals surface area contributed by atoms with Gasteiger partial charge in [0.25, 0.3) is 0 Å². The van der Waals surface area contributed by atoms with Gasteiger partial charge < -0.3 is 9.80 Å². The largest absolute Gasteiger partial charge is 0.368 e. The summed E-state index contributed by atoms with van der Waals surface area (Å²) in [6, 6.07) is 18.0. The molecule has 0 spiro atoms. The Hall–Kier alpha value is -3.39. The van der Waals surface area contributed by atoms with Crippen LogP contribution in [0.5, 0.6) is 0 Å². The highest BCUT2D eigenvalue weighted by Crippen LogP contribution is 2.30. The summed E-state index contributed by atoms with van der Waals surface area (Å²) in [4.78, 5) is 13.5. The van der Waals surface area contributed by atoms with Crippen molar-refractivity contribution >= 4 is 11.4 Å². The SMILES string of the molecule is N#Cc1ccc(-c2ncccc2N2CCN(c3ccncc3)CC2)cc1. The molecule has 1 aliphatic rings. The molecular formula is C21H19N5. The van der Waals surface area contributed by atoms with Gasteiger partial charge in [0.15, 0.2) is 0 Å². The third kappa shape index (κ3) is 3.22. The monoisotopic (exact) mass is 341 g/mol. The molecule has 0 saturated carbocycles. The van der Waals surface area contributed by atoms with Crippen LogP contribution in [-0.4, -0.2) is 36.1 Å². The van der Waals surface area contributed by atoms with E-state index in [9.17, 15) is 0 Å². The van der Waals surface area contributed by atoms with Crippen molar-refractivity contribution in [2.45, 2.75) is 0 Å². The van der Waals surface area contributed by atoms with Gasteiger partial charge in [-0.3, -0.25) is 9.97 Å². The smallest absolute Gasteiger partial charge is 0.0991 e. The molecule has 0 aliphatic carbocycles. The first-order valence-corrected chi connectivity index (χ1v) is 8.70. The Balaban J connectivity index is 1.55. The predicted molar refractivity (Wildman–Crippen MR) is 103 cm³/mol. The van der Waals surface area contributed by atoms with Crippen LogP contribution >= 0.6 is 0 Å². The maximum absolute atomic E-state index is 8.99. The Labute approximate surface area is 153 Å². The molecule has 128 valence electrons. The molecule has 5 nitrogen and oxygen atoms in total. The molecule has 1 fully saturated rings. The van der Waals surface area contributed by atoms with E-state index in [4.69, 9.17) is 5.26 Å². The maximum atomic E-state index is 8.99. The highest BCUT2D eigenvalue weighted by atomic mass is 15.3. The molecule has 1 aromatic carbocycles. The lowest BCUT2D eigenvalue weighted by molar-refractivity contribution is 0.653. The lowest BCUT2D eigenvalue weighted by Gasteiger charge is -2.37. The lowest BCUT2D eigenvalue weighted by Crippen LogP contribution is -2.46. The van der Waals surface area contributed by atoms with Gasteiger partial charge in [0, 0.05) is 56.0 Å². The van der Waals surface area contributed by atoms with Crippen LogP contribution in [0.2, 0.25) is 0 Å². The van der Waals surface area contributed by atoms with E-state index in [1.807, 2.05) is 48.9 Å². The molecule has 0 atom stereocenters. The molecule has 0 radical (unpaired) electrons. The number of nitriles is 1. The van der Waals surface area contributed by atoms with Crippen LogP contribution in [0.15, 0.2) is 67.1 Å². The quantitative estimate of drug-likeness (QED) is 0.731. The van der Waals surface area contributed by atoms with E-state index in [0.717, 1.165) is 43.1 Å². The standard InChI is InChI=1S/C21H19N5/c22-16-17-3-5-18(6-4-17)21-20(2-1-9-24-21)26-14-12-25(13-15-26)19-7-10-23-11-8-19/h1-11H,12-15H2. The van der Waals surface area contributed by atoms with Crippen LogP contribution < -0.4 is 9.80 Å². The van der Waals surface area contributed by atoms with Gasteiger partial charge in [0.05, 0.1) is 23.0 Å². The minimum absolute atomic E-state index is 0.664. The van der Waals surface area contributed by atoms with E-state index in [2.05, 4.69) is 44.0 Å². The minimum Gasteiger partial charge on any atom is -0.368 e. The van der Waals surface area contributed by atoms with Crippen LogP contribution in [0.3, 0.4) is 0 Å². The number of anilines is 2. The third-order valence-electron chi connectivity index (χ3n) is 4.72. The summed E-state index contributed by atoms with van der Waals surface area (Å²) >= 11 is 0. The number of rotatable bonds is 3. The van der Waals surface area contributed by atoms with Gasteiger partial charge in [-0.2, -0.15) is 5.26 Å². The summed E-state index contributed by atoms with van der Waals surface area (Å²) in [6.45, 7) is 3.81. The van der Waals surface area contributed by atoms with Gasteiger partial charge in [0.1, 0.15) is 0 Å². The summed E-state index contributed by atoms with van der Waals surface area (Å²) in [5, 5.41) is 8.99. The van der Waals surface area contributed by atoms with Gasteiger partial charge in [-0.05, 0) is 36.4 Å². The first-order valence-electron chi connectivity index (χ1n) is 8.70. The molecule has 26 heavy (non-hydrogen) atoms. The summed E-state index contributed by atoms with van der Waals surface area (Å²) in [5.41, 5.74) is 5.03. The molecule has 3 heterocycles. The van der Waals surface area contributed by atoms with E-state index < -0.39 is 0 Å². The van der Waals surface area contributed by atoms with E-state index in [0.29, 0.717) is 5.56 Å². The van der Waals surface area contributed by atoms with Crippen LogP contribution in [0.4, 0.5) is 11.4 Å². The molecule has 1 saturated heterocycles. The second kappa shape index (κ2) is 7.24. The summed E-state index contributed by atoms with van der Waals surface area (Å²) < 4.78 is 0. The first kappa shape index (κ1) is 16.1. The molecule has 1 aliphatic heterocycles. The van der Waals surface area contributed by atoms with Crippen molar-refractivity contribution in [1.29, 1.82) is 5.26 Å². The lowest BCUT2D eigenvalue weighted by atomic mass is 10.1. The van der Waals surface area contributed by atoms with Crippen molar-refractivity contribution in [3.63, 3.8) is 0 Å². The van der Waals surface area contributed by atoms with Gasteiger partial charge in [-0.1, -0.05) is 12.1 Å². The zero-order chi connectivity index (χ0) is 17.8. The normalized spacial score (nSPS) is 14.1. The Kier molecular flexibility index (Phi) is 4.48. The number of hydrogen-bond acceptors (Lipinski definition) is 5. The van der Waals surface area contributed by atoms with E-state index >= 15 is 0 Å². The highest BCUT2D eigenvalue weighted by molar-refractivity contribution is 5.75. The van der Waals surface area contributed by atoms with Crippen molar-refractivity contribution in [2.24, 2.45) is 0 Å². The Bertz CT molecular complexity index is 907. The Morgan fingerprint density at radius 1 is 0.808 bits per heavy atom. The average molecular weight is 341 g/mol. The van der Waals surface area contributed by atoms with Crippen LogP contribution in [-0.2, 0) is 0 Å². The topological polar surface area (TPSA) is 56.1 Å². The Morgan fingerprint density at radius 3 is 2.19 bits per heavy atom. The van der Waals surface area contributed by atoms with E-state index in [1.54, 1.807) is 0 Å². The zero-order valence-corrected chi connectivity index (χ0v) is 14.4. The molecular weight excluding hydrogens is 322 g/mol. The number of hydrogen-bond donors (Lipinski definition) is 0. The fourth-order valence-corrected chi connectivity index (χ4v) is 3.34. The maximum Gasteiger partial charge on any atom is 0.0991 e. The molecule has 0 unspecified atom stereocenters. The van der Waals surface area contributed by atoms with E-state index in [1.165, 1.54) is 5.69 Å². The van der Waals surface area contributed by atoms with Crippen molar-refractivity contribution in [2.75, 3.05) is 36.0 Å². The van der Waals surface area contributed by atoms with Gasteiger partial charge in [-0.25, -0.2) is 0 Å². The van der Waals surface area contributed by atoms with Crippen LogP contribution in [0.25, 0.3) is 11.3 Å². The van der Waals surface area contributed by atoms with Gasteiger partial charge >= 0.3 is 0 Å². The predicted octanol–water partition coefficient (Wildman–Crippen LogP) is 3.34. The molecule has 4 rings (SSSR count). The second-order valence-corrected chi connectivity index (χ2v) is 6.24. The van der Waals surface area contributed by atoms with Crippen molar-refractivity contribution in [1.82, 2.24) is 9.97 Å². The second-order valence-electron chi connectivity index (χ2n) is 6.24. The minimum atomic E-state index is 0.664. The van der Waals surface area contributed by atoms with Crippen LogP contribution in [0.1, 0.15) is 5.56 Å². The average Bonchev–Trinajstić information content (AvgIpc) is 2.75. The number of nitrogens with zero attached hydrogens (tertiary/aromatic N) is 5. The summed E-state index contributed by atoms with van der Waals surface area (Å²) in [5.74, 6) is 0. The van der Waals surface area contributed by atoms with Crippen molar-refractivity contribution in [3.05, 3.63) is 72.7 Å². The summed E-state index contributed by atoms with van der Waals surface area (Å²) in [7, 11) is 0. The summed E-state index contributed by atoms with van der Waals surface area (Å²) in [6.07, 6.45) is 5.50. The van der Waals surface area contributed by atoms with E-state index in [-0.39, 0.29) is 0 Å².